The second-order valence-electron chi connectivity index (χ2n) is 3.98. The van der Waals surface area contributed by atoms with Gasteiger partial charge in [-0.15, -0.1) is 0 Å². The van der Waals surface area contributed by atoms with Crippen molar-refractivity contribution in [3.63, 3.8) is 0 Å². The molecule has 1 heterocycles. The van der Waals surface area contributed by atoms with Crippen molar-refractivity contribution < 1.29 is 13.9 Å². The Labute approximate surface area is 71.2 Å². The normalized spacial score (nSPS) is 36.2. The first kappa shape index (κ1) is 9.86. The molecule has 0 radical (unpaired) electrons. The van der Waals surface area contributed by atoms with Crippen LogP contribution in [0.4, 0.5) is 8.78 Å². The zero-order valence-corrected chi connectivity index (χ0v) is 7.64. The Balaban J connectivity index is 2.74. The Hall–Kier alpha value is -0.220. The van der Waals surface area contributed by atoms with Gasteiger partial charge in [-0.05, 0) is 20.8 Å². The van der Waals surface area contributed by atoms with Crippen LogP contribution in [0.5, 0.6) is 0 Å². The average molecular weight is 179 g/mol. The van der Waals surface area contributed by atoms with Crippen LogP contribution in [0.25, 0.3) is 0 Å². The van der Waals surface area contributed by atoms with Gasteiger partial charge < -0.3 is 5.11 Å². The molecular weight excluding hydrogens is 164 g/mol. The Bertz CT molecular complexity index is 164. The van der Waals surface area contributed by atoms with Gasteiger partial charge in [-0.2, -0.15) is 0 Å². The zero-order valence-electron chi connectivity index (χ0n) is 7.64. The van der Waals surface area contributed by atoms with Gasteiger partial charge in [-0.3, -0.25) is 4.90 Å². The molecule has 0 bridgehead atoms. The molecule has 12 heavy (non-hydrogen) atoms. The lowest BCUT2D eigenvalue weighted by molar-refractivity contribution is -0.134. The molecule has 0 aromatic heterocycles. The first-order valence-corrected chi connectivity index (χ1v) is 4.10. The maximum Gasteiger partial charge on any atom is 0.289 e. The minimum absolute atomic E-state index is 0.0532. The predicted octanol–water partition coefficient (Wildman–Crippen LogP) is 1.10. The van der Waals surface area contributed by atoms with Crippen molar-refractivity contribution in [2.45, 2.75) is 38.3 Å². The molecule has 1 N–H and O–H groups in total. The highest BCUT2D eigenvalue weighted by Gasteiger charge is 2.56. The van der Waals surface area contributed by atoms with Crippen molar-refractivity contribution in [1.29, 1.82) is 0 Å². The highest BCUT2D eigenvalue weighted by molar-refractivity contribution is 5.01. The fourth-order valence-electron chi connectivity index (χ4n) is 1.36. The number of likely N-dealkylation sites (tertiary alicyclic amines) is 1. The van der Waals surface area contributed by atoms with E-state index in [-0.39, 0.29) is 19.1 Å². The Kier molecular flexibility index (Phi) is 2.17. The SMILES string of the molecule is CC(C)N1CC(F)(F)[C@](C)(O)C1. The van der Waals surface area contributed by atoms with E-state index in [0.717, 1.165) is 0 Å². The van der Waals surface area contributed by atoms with Crippen molar-refractivity contribution in [3.05, 3.63) is 0 Å². The molecule has 4 heteroatoms. The van der Waals surface area contributed by atoms with Crippen LogP contribution in [0.3, 0.4) is 0 Å². The van der Waals surface area contributed by atoms with E-state index >= 15 is 0 Å². The molecule has 72 valence electrons. The van der Waals surface area contributed by atoms with Crippen LogP contribution in [-0.4, -0.2) is 40.7 Å². The Morgan fingerprint density at radius 3 is 2.00 bits per heavy atom. The van der Waals surface area contributed by atoms with E-state index in [1.54, 1.807) is 4.90 Å². The maximum atomic E-state index is 13.0. The molecule has 0 aromatic rings. The van der Waals surface area contributed by atoms with E-state index in [2.05, 4.69) is 0 Å². The van der Waals surface area contributed by atoms with E-state index < -0.39 is 11.5 Å². The molecule has 0 amide bonds. The summed E-state index contributed by atoms with van der Waals surface area (Å²) in [5.74, 6) is -2.97. The van der Waals surface area contributed by atoms with Gasteiger partial charge in [-0.1, -0.05) is 0 Å². The summed E-state index contributed by atoms with van der Waals surface area (Å²) in [6.07, 6.45) is 0. The van der Waals surface area contributed by atoms with Crippen LogP contribution in [0.1, 0.15) is 20.8 Å². The highest BCUT2D eigenvalue weighted by atomic mass is 19.3. The van der Waals surface area contributed by atoms with Crippen LogP contribution in [-0.2, 0) is 0 Å². The Morgan fingerprint density at radius 1 is 1.33 bits per heavy atom. The number of alkyl halides is 2. The zero-order chi connectivity index (χ0) is 9.57. The molecule has 1 atom stereocenters. The minimum atomic E-state index is -2.97. The van der Waals surface area contributed by atoms with Gasteiger partial charge in [0.2, 0.25) is 0 Å². The van der Waals surface area contributed by atoms with Crippen LogP contribution in [0.15, 0.2) is 0 Å². The van der Waals surface area contributed by atoms with Crippen molar-refractivity contribution >= 4 is 0 Å². The third-order valence-electron chi connectivity index (χ3n) is 2.43. The molecular formula is C8H15F2NO. The van der Waals surface area contributed by atoms with Crippen LogP contribution in [0, 0.1) is 0 Å². The number of nitrogens with zero attached hydrogens (tertiary/aromatic N) is 1. The van der Waals surface area contributed by atoms with Gasteiger partial charge >= 0.3 is 0 Å². The maximum absolute atomic E-state index is 13.0. The second kappa shape index (κ2) is 2.64. The molecule has 1 saturated heterocycles. The van der Waals surface area contributed by atoms with Crippen molar-refractivity contribution in [2.24, 2.45) is 0 Å². The quantitative estimate of drug-likeness (QED) is 0.651. The monoisotopic (exact) mass is 179 g/mol. The van der Waals surface area contributed by atoms with Gasteiger partial charge in [0.05, 0.1) is 6.54 Å². The molecule has 0 aromatic carbocycles. The van der Waals surface area contributed by atoms with Crippen molar-refractivity contribution in [3.8, 4) is 0 Å². The van der Waals surface area contributed by atoms with E-state index in [4.69, 9.17) is 0 Å². The summed E-state index contributed by atoms with van der Waals surface area (Å²) in [6.45, 7) is 4.60. The fraction of sp³-hybridized carbons (Fsp3) is 1.00. The molecule has 0 aliphatic carbocycles. The summed E-state index contributed by atoms with van der Waals surface area (Å²) in [5, 5.41) is 9.35. The third kappa shape index (κ3) is 1.45. The van der Waals surface area contributed by atoms with Gasteiger partial charge in [-0.25, -0.2) is 8.78 Å². The molecule has 0 spiro atoms. The standard InChI is InChI=1S/C8H15F2NO/c1-6(2)11-4-7(3,12)8(9,10)5-11/h6,12H,4-5H2,1-3H3/t7-/m1/s1. The van der Waals surface area contributed by atoms with E-state index in [1.807, 2.05) is 13.8 Å². The van der Waals surface area contributed by atoms with Gasteiger partial charge in [0, 0.05) is 12.6 Å². The topological polar surface area (TPSA) is 23.5 Å². The van der Waals surface area contributed by atoms with Crippen LogP contribution < -0.4 is 0 Å². The van der Waals surface area contributed by atoms with Gasteiger partial charge in [0.1, 0.15) is 5.60 Å². The number of hydrogen-bond acceptors (Lipinski definition) is 2. The fourth-order valence-corrected chi connectivity index (χ4v) is 1.36. The first-order chi connectivity index (χ1) is 5.26. The average Bonchev–Trinajstić information content (AvgIpc) is 2.03. The smallest absolute Gasteiger partial charge is 0.289 e. The summed E-state index contributed by atoms with van der Waals surface area (Å²) in [4.78, 5) is 1.58. The van der Waals surface area contributed by atoms with E-state index in [0.29, 0.717) is 0 Å². The molecule has 1 aliphatic rings. The minimum Gasteiger partial charge on any atom is -0.382 e. The van der Waals surface area contributed by atoms with E-state index in [1.165, 1.54) is 6.92 Å². The molecule has 2 nitrogen and oxygen atoms in total. The largest absolute Gasteiger partial charge is 0.382 e. The number of hydrogen-bond donors (Lipinski definition) is 1. The number of halogens is 2. The van der Waals surface area contributed by atoms with E-state index in [9.17, 15) is 13.9 Å². The lowest BCUT2D eigenvalue weighted by atomic mass is 10.0. The Morgan fingerprint density at radius 2 is 1.83 bits per heavy atom. The summed E-state index contributed by atoms with van der Waals surface area (Å²) < 4.78 is 26.1. The number of rotatable bonds is 1. The van der Waals surface area contributed by atoms with Crippen LogP contribution >= 0.6 is 0 Å². The molecule has 1 rings (SSSR count). The van der Waals surface area contributed by atoms with Crippen LogP contribution in [0.2, 0.25) is 0 Å². The molecule has 1 fully saturated rings. The lowest BCUT2D eigenvalue weighted by Gasteiger charge is -2.23. The summed E-state index contributed by atoms with van der Waals surface area (Å²) in [5.41, 5.74) is -1.86. The van der Waals surface area contributed by atoms with Gasteiger partial charge in [0.15, 0.2) is 0 Å². The molecule has 0 unspecified atom stereocenters. The van der Waals surface area contributed by atoms with Crippen molar-refractivity contribution in [1.82, 2.24) is 4.90 Å². The summed E-state index contributed by atoms with van der Waals surface area (Å²) >= 11 is 0. The third-order valence-corrected chi connectivity index (χ3v) is 2.43. The summed E-state index contributed by atoms with van der Waals surface area (Å²) in [7, 11) is 0. The lowest BCUT2D eigenvalue weighted by Crippen LogP contribution is -2.43. The number of aliphatic hydroxyl groups is 1. The summed E-state index contributed by atoms with van der Waals surface area (Å²) in [6, 6.07) is 0.0600. The first-order valence-electron chi connectivity index (χ1n) is 4.10. The second-order valence-corrected chi connectivity index (χ2v) is 3.98. The predicted molar refractivity (Wildman–Crippen MR) is 42.3 cm³/mol. The van der Waals surface area contributed by atoms with Gasteiger partial charge in [0.25, 0.3) is 5.92 Å². The highest BCUT2D eigenvalue weighted by Crippen LogP contribution is 2.36. The molecule has 1 aliphatic heterocycles. The molecule has 0 saturated carbocycles. The van der Waals surface area contributed by atoms with Crippen molar-refractivity contribution in [2.75, 3.05) is 13.1 Å². The number of β-amino-alcohol motifs (C(OH)–C–C–N with tert-alkyl or cyclic N) is 1.